The summed E-state index contributed by atoms with van der Waals surface area (Å²) in [6.07, 6.45) is 6.37. The zero-order valence-electron chi connectivity index (χ0n) is 12.5. The summed E-state index contributed by atoms with van der Waals surface area (Å²) in [5, 5.41) is 12.7. The van der Waals surface area contributed by atoms with Crippen LogP contribution in [0.5, 0.6) is 0 Å². The summed E-state index contributed by atoms with van der Waals surface area (Å²) in [6, 6.07) is 1.29. The van der Waals surface area contributed by atoms with Gasteiger partial charge in [0, 0.05) is 31.8 Å². The van der Waals surface area contributed by atoms with Crippen LogP contribution in [0.1, 0.15) is 52.9 Å². The van der Waals surface area contributed by atoms with Crippen molar-refractivity contribution in [3.8, 4) is 0 Å². The highest BCUT2D eigenvalue weighted by atomic mass is 16.3. The second-order valence-electron chi connectivity index (χ2n) is 5.87. The lowest BCUT2D eigenvalue weighted by Gasteiger charge is -2.37. The van der Waals surface area contributed by atoms with Gasteiger partial charge in [0.1, 0.15) is 0 Å². The summed E-state index contributed by atoms with van der Waals surface area (Å²) in [5.74, 6) is 0.791. The van der Waals surface area contributed by atoms with E-state index < -0.39 is 0 Å². The van der Waals surface area contributed by atoms with Gasteiger partial charge >= 0.3 is 0 Å². The van der Waals surface area contributed by atoms with Gasteiger partial charge in [-0.15, -0.1) is 0 Å². The van der Waals surface area contributed by atoms with Crippen molar-refractivity contribution in [3.05, 3.63) is 0 Å². The maximum Gasteiger partial charge on any atom is 0.0443 e. The highest BCUT2D eigenvalue weighted by molar-refractivity contribution is 4.83. The maximum atomic E-state index is 9.00. The Morgan fingerprint density at radius 2 is 2.00 bits per heavy atom. The molecule has 0 amide bonds. The van der Waals surface area contributed by atoms with Crippen LogP contribution in [0.3, 0.4) is 0 Å². The van der Waals surface area contributed by atoms with Crippen molar-refractivity contribution in [2.75, 3.05) is 26.2 Å². The fourth-order valence-electron chi connectivity index (χ4n) is 3.09. The van der Waals surface area contributed by atoms with Crippen molar-refractivity contribution in [2.24, 2.45) is 5.92 Å². The van der Waals surface area contributed by atoms with Crippen LogP contribution in [-0.4, -0.2) is 48.3 Å². The Bertz CT molecular complexity index is 207. The topological polar surface area (TPSA) is 35.5 Å². The number of hydrogen-bond donors (Lipinski definition) is 2. The Morgan fingerprint density at radius 3 is 2.61 bits per heavy atom. The lowest BCUT2D eigenvalue weighted by Crippen LogP contribution is -2.46. The summed E-state index contributed by atoms with van der Waals surface area (Å²) in [4.78, 5) is 2.54. The second-order valence-corrected chi connectivity index (χ2v) is 5.87. The van der Waals surface area contributed by atoms with Gasteiger partial charge in [-0.3, -0.25) is 0 Å². The van der Waals surface area contributed by atoms with E-state index in [0.29, 0.717) is 18.7 Å². The molecule has 18 heavy (non-hydrogen) atoms. The van der Waals surface area contributed by atoms with Gasteiger partial charge < -0.3 is 15.3 Å². The molecule has 0 saturated heterocycles. The minimum Gasteiger partial charge on any atom is -0.396 e. The number of nitrogens with zero attached hydrogens (tertiary/aromatic N) is 1. The monoisotopic (exact) mass is 256 g/mol. The van der Waals surface area contributed by atoms with Crippen molar-refractivity contribution in [1.82, 2.24) is 10.2 Å². The van der Waals surface area contributed by atoms with E-state index in [-0.39, 0.29) is 0 Å². The van der Waals surface area contributed by atoms with E-state index in [1.807, 2.05) is 0 Å². The van der Waals surface area contributed by atoms with E-state index >= 15 is 0 Å². The molecule has 2 unspecified atom stereocenters. The lowest BCUT2D eigenvalue weighted by atomic mass is 9.84. The average Bonchev–Trinajstić information content (AvgIpc) is 2.36. The number of aliphatic hydroxyl groups is 1. The van der Waals surface area contributed by atoms with E-state index in [9.17, 15) is 0 Å². The van der Waals surface area contributed by atoms with Crippen LogP contribution < -0.4 is 5.32 Å². The average molecular weight is 256 g/mol. The molecule has 0 spiro atoms. The summed E-state index contributed by atoms with van der Waals surface area (Å²) in [5.41, 5.74) is 0. The Balaban J connectivity index is 2.48. The van der Waals surface area contributed by atoms with Crippen LogP contribution in [0.2, 0.25) is 0 Å². The zero-order valence-corrected chi connectivity index (χ0v) is 12.5. The molecule has 1 fully saturated rings. The first-order valence-corrected chi connectivity index (χ1v) is 7.77. The van der Waals surface area contributed by atoms with Crippen LogP contribution >= 0.6 is 0 Å². The van der Waals surface area contributed by atoms with Crippen LogP contribution in [-0.2, 0) is 0 Å². The minimum absolute atomic E-state index is 0.310. The normalized spacial score (nSPS) is 25.0. The first kappa shape index (κ1) is 15.9. The Labute approximate surface area is 113 Å². The fourth-order valence-corrected chi connectivity index (χ4v) is 3.09. The number of hydrogen-bond acceptors (Lipinski definition) is 3. The summed E-state index contributed by atoms with van der Waals surface area (Å²) >= 11 is 0. The van der Waals surface area contributed by atoms with E-state index in [2.05, 4.69) is 31.0 Å². The summed E-state index contributed by atoms with van der Waals surface area (Å²) in [6.45, 7) is 10.4. The summed E-state index contributed by atoms with van der Waals surface area (Å²) in [7, 11) is 0. The first-order valence-electron chi connectivity index (χ1n) is 7.77. The first-order chi connectivity index (χ1) is 8.69. The molecule has 1 aliphatic carbocycles. The molecule has 0 radical (unpaired) electrons. The Morgan fingerprint density at radius 1 is 1.28 bits per heavy atom. The fraction of sp³-hybridized carbons (Fsp3) is 1.00. The second kappa shape index (κ2) is 8.89. The van der Waals surface area contributed by atoms with Gasteiger partial charge in [-0.2, -0.15) is 0 Å². The molecule has 0 heterocycles. The van der Waals surface area contributed by atoms with Gasteiger partial charge in [0.25, 0.3) is 0 Å². The van der Waals surface area contributed by atoms with E-state index in [4.69, 9.17) is 5.11 Å². The molecule has 3 heteroatoms. The molecule has 0 aliphatic heterocycles. The van der Waals surface area contributed by atoms with E-state index in [0.717, 1.165) is 25.4 Å². The highest BCUT2D eigenvalue weighted by Gasteiger charge is 2.26. The highest BCUT2D eigenvalue weighted by Crippen LogP contribution is 2.25. The van der Waals surface area contributed by atoms with E-state index in [1.165, 1.54) is 32.2 Å². The molecule has 0 aromatic carbocycles. The molecular formula is C15H32N2O. The maximum absolute atomic E-state index is 9.00. The molecule has 3 nitrogen and oxygen atoms in total. The van der Waals surface area contributed by atoms with E-state index in [1.54, 1.807) is 0 Å². The SMILES string of the molecule is CCNC1CCCCC1CN(CCCO)C(C)C. The third-order valence-corrected chi connectivity index (χ3v) is 4.18. The third-order valence-electron chi connectivity index (χ3n) is 4.18. The molecule has 1 rings (SSSR count). The zero-order chi connectivity index (χ0) is 13.4. The largest absolute Gasteiger partial charge is 0.396 e. The number of rotatable bonds is 8. The Hall–Kier alpha value is -0.120. The quantitative estimate of drug-likeness (QED) is 0.699. The summed E-state index contributed by atoms with van der Waals surface area (Å²) < 4.78 is 0. The van der Waals surface area contributed by atoms with Crippen molar-refractivity contribution >= 4 is 0 Å². The standard InChI is InChI=1S/C15H32N2O/c1-4-16-15-9-6-5-8-14(15)12-17(13(2)3)10-7-11-18/h13-16,18H,4-12H2,1-3H3. The van der Waals surface area contributed by atoms with Crippen LogP contribution in [0.15, 0.2) is 0 Å². The molecule has 0 aromatic rings. The van der Waals surface area contributed by atoms with Gasteiger partial charge in [-0.05, 0) is 45.6 Å². The molecule has 2 atom stereocenters. The van der Waals surface area contributed by atoms with Crippen molar-refractivity contribution in [2.45, 2.75) is 65.0 Å². The molecule has 1 saturated carbocycles. The molecule has 2 N–H and O–H groups in total. The van der Waals surface area contributed by atoms with Gasteiger partial charge in [-0.25, -0.2) is 0 Å². The van der Waals surface area contributed by atoms with Crippen LogP contribution in [0.4, 0.5) is 0 Å². The predicted molar refractivity (Wildman–Crippen MR) is 77.8 cm³/mol. The molecule has 1 aliphatic rings. The Kier molecular flexibility index (Phi) is 7.87. The van der Waals surface area contributed by atoms with Crippen molar-refractivity contribution < 1.29 is 5.11 Å². The number of aliphatic hydroxyl groups excluding tert-OH is 1. The van der Waals surface area contributed by atoms with Gasteiger partial charge in [0.2, 0.25) is 0 Å². The lowest BCUT2D eigenvalue weighted by molar-refractivity contribution is 0.132. The van der Waals surface area contributed by atoms with Crippen molar-refractivity contribution in [3.63, 3.8) is 0 Å². The van der Waals surface area contributed by atoms with Gasteiger partial charge in [-0.1, -0.05) is 19.8 Å². The molecule has 0 aromatic heterocycles. The van der Waals surface area contributed by atoms with Crippen LogP contribution in [0.25, 0.3) is 0 Å². The van der Waals surface area contributed by atoms with Gasteiger partial charge in [0.15, 0.2) is 0 Å². The van der Waals surface area contributed by atoms with Crippen LogP contribution in [0, 0.1) is 5.92 Å². The third kappa shape index (κ3) is 5.25. The molecular weight excluding hydrogens is 224 g/mol. The minimum atomic E-state index is 0.310. The van der Waals surface area contributed by atoms with Gasteiger partial charge in [0.05, 0.1) is 0 Å². The van der Waals surface area contributed by atoms with Crippen molar-refractivity contribution in [1.29, 1.82) is 0 Å². The number of nitrogens with one attached hydrogen (secondary N) is 1. The molecule has 0 bridgehead atoms. The molecule has 108 valence electrons. The smallest absolute Gasteiger partial charge is 0.0443 e. The predicted octanol–water partition coefficient (Wildman–Crippen LogP) is 2.25.